The number of hydrazine groups is 1. The molecule has 2 amide bonds. The highest BCUT2D eigenvalue weighted by molar-refractivity contribution is 9.10. The molecule has 140 valence electrons. The van der Waals surface area contributed by atoms with Gasteiger partial charge < -0.3 is 10.1 Å². The number of nitrogen functional groups attached to an aromatic ring is 1. The Kier molecular flexibility index (Phi) is 5.95. The van der Waals surface area contributed by atoms with Crippen molar-refractivity contribution in [2.75, 3.05) is 11.9 Å². The molecule has 0 radical (unpaired) electrons. The summed E-state index contributed by atoms with van der Waals surface area (Å²) in [6, 6.07) is 9.28. The van der Waals surface area contributed by atoms with Crippen LogP contribution in [0.2, 0.25) is 5.02 Å². The molecule has 1 aromatic heterocycles. The Morgan fingerprint density at radius 1 is 1.26 bits per heavy atom. The number of hydrogen-bond acceptors (Lipinski definition) is 5. The van der Waals surface area contributed by atoms with E-state index in [0.29, 0.717) is 25.3 Å². The molecule has 0 aliphatic carbocycles. The Hall–Kier alpha value is -2.20. The Morgan fingerprint density at radius 2 is 2.04 bits per heavy atom. The molecule has 0 aliphatic rings. The molecule has 0 unspecified atom stereocenters. The van der Waals surface area contributed by atoms with Crippen molar-refractivity contribution in [1.29, 1.82) is 0 Å². The highest BCUT2D eigenvalue weighted by atomic mass is 79.9. The molecule has 6 nitrogen and oxygen atoms in total. The van der Waals surface area contributed by atoms with Gasteiger partial charge in [0.05, 0.1) is 10.7 Å². The van der Waals surface area contributed by atoms with Crippen molar-refractivity contribution in [1.82, 2.24) is 5.43 Å². The zero-order valence-corrected chi connectivity index (χ0v) is 16.7. The first-order valence-corrected chi connectivity index (χ1v) is 9.48. The van der Waals surface area contributed by atoms with E-state index in [-0.39, 0.29) is 17.2 Å². The van der Waals surface area contributed by atoms with Gasteiger partial charge in [0, 0.05) is 14.6 Å². The summed E-state index contributed by atoms with van der Waals surface area (Å²) in [6.45, 7) is -0.309. The van der Waals surface area contributed by atoms with E-state index in [4.69, 9.17) is 22.2 Å². The second-order valence-electron chi connectivity index (χ2n) is 5.34. The van der Waals surface area contributed by atoms with E-state index in [9.17, 15) is 14.0 Å². The second-order valence-corrected chi connectivity index (χ2v) is 7.68. The minimum absolute atomic E-state index is 0.0599. The van der Waals surface area contributed by atoms with Crippen molar-refractivity contribution in [2.24, 2.45) is 5.84 Å². The monoisotopic (exact) mass is 471 g/mol. The maximum absolute atomic E-state index is 13.7. The van der Waals surface area contributed by atoms with Crippen molar-refractivity contribution in [3.8, 4) is 5.75 Å². The molecule has 0 bridgehead atoms. The van der Waals surface area contributed by atoms with Gasteiger partial charge in [0.1, 0.15) is 16.4 Å². The number of hydrogen-bond donors (Lipinski definition) is 3. The molecule has 2 aromatic carbocycles. The van der Waals surface area contributed by atoms with Crippen LogP contribution in [0, 0.1) is 5.82 Å². The third-order valence-corrected chi connectivity index (χ3v) is 5.66. The molecule has 27 heavy (non-hydrogen) atoms. The molecular formula is C17H12BrClFN3O3S. The molecule has 10 heteroatoms. The molecule has 0 fully saturated rings. The zero-order valence-electron chi connectivity index (χ0n) is 13.5. The van der Waals surface area contributed by atoms with Crippen molar-refractivity contribution in [2.45, 2.75) is 0 Å². The number of amides is 2. The molecule has 0 saturated heterocycles. The summed E-state index contributed by atoms with van der Waals surface area (Å²) in [6.07, 6.45) is 0. The van der Waals surface area contributed by atoms with Gasteiger partial charge in [0.15, 0.2) is 6.61 Å². The minimum Gasteiger partial charge on any atom is -0.484 e. The summed E-state index contributed by atoms with van der Waals surface area (Å²) in [7, 11) is 0. The van der Waals surface area contributed by atoms with E-state index < -0.39 is 17.6 Å². The van der Waals surface area contributed by atoms with Gasteiger partial charge in [-0.05, 0) is 36.4 Å². The van der Waals surface area contributed by atoms with E-state index in [1.165, 1.54) is 12.1 Å². The van der Waals surface area contributed by atoms with Crippen molar-refractivity contribution in [3.63, 3.8) is 0 Å². The van der Waals surface area contributed by atoms with E-state index in [2.05, 4.69) is 21.2 Å². The van der Waals surface area contributed by atoms with Crippen LogP contribution in [0.25, 0.3) is 10.1 Å². The Bertz CT molecular complexity index is 1040. The van der Waals surface area contributed by atoms with Gasteiger partial charge in [0.2, 0.25) is 0 Å². The quantitative estimate of drug-likeness (QED) is 0.296. The van der Waals surface area contributed by atoms with E-state index in [1.807, 2.05) is 5.43 Å². The summed E-state index contributed by atoms with van der Waals surface area (Å²) in [5.74, 6) is 3.99. The van der Waals surface area contributed by atoms with Gasteiger partial charge in [-0.25, -0.2) is 10.2 Å². The zero-order chi connectivity index (χ0) is 19.6. The molecule has 3 rings (SSSR count). The highest BCUT2D eigenvalue weighted by Crippen LogP contribution is 2.37. The van der Waals surface area contributed by atoms with Gasteiger partial charge in [-0.15, -0.1) is 11.3 Å². The molecule has 3 aromatic rings. The third-order valence-electron chi connectivity index (χ3n) is 3.51. The molecule has 0 spiro atoms. The fourth-order valence-electron chi connectivity index (χ4n) is 2.27. The summed E-state index contributed by atoms with van der Waals surface area (Å²) in [4.78, 5) is 24.0. The normalized spacial score (nSPS) is 10.7. The minimum atomic E-state index is -0.557. The summed E-state index contributed by atoms with van der Waals surface area (Å²) >= 11 is 10.5. The average Bonchev–Trinajstić information content (AvgIpc) is 2.98. The summed E-state index contributed by atoms with van der Waals surface area (Å²) < 4.78 is 20.5. The van der Waals surface area contributed by atoms with Crippen molar-refractivity contribution in [3.05, 3.63) is 56.6 Å². The summed E-state index contributed by atoms with van der Waals surface area (Å²) in [5.41, 5.74) is 2.10. The van der Waals surface area contributed by atoms with Crippen molar-refractivity contribution >= 4 is 66.5 Å². The maximum Gasteiger partial charge on any atom is 0.276 e. The fourth-order valence-corrected chi connectivity index (χ4v) is 4.05. The molecule has 1 heterocycles. The van der Waals surface area contributed by atoms with Crippen LogP contribution in [0.15, 0.2) is 40.9 Å². The lowest BCUT2D eigenvalue weighted by Gasteiger charge is -2.08. The number of nitrogens with one attached hydrogen (secondary N) is 2. The number of halogens is 3. The number of benzene rings is 2. The second kappa shape index (κ2) is 8.22. The SMILES string of the molecule is NNC(=O)c1sc2cc(OCC(=O)Nc3ccc(Br)cc3F)ccc2c1Cl. The lowest BCUT2D eigenvalue weighted by molar-refractivity contribution is -0.118. The first-order valence-electron chi connectivity index (χ1n) is 7.49. The van der Waals surface area contributed by atoms with Crippen LogP contribution < -0.4 is 21.3 Å². The van der Waals surface area contributed by atoms with Gasteiger partial charge >= 0.3 is 0 Å². The number of thiophene rings is 1. The lowest BCUT2D eigenvalue weighted by atomic mass is 10.2. The predicted molar refractivity (Wildman–Crippen MR) is 107 cm³/mol. The maximum atomic E-state index is 13.7. The van der Waals surface area contributed by atoms with Crippen LogP contribution in [-0.4, -0.2) is 18.4 Å². The number of nitrogens with two attached hydrogens (primary N) is 1. The smallest absolute Gasteiger partial charge is 0.276 e. The molecular weight excluding hydrogens is 461 g/mol. The van der Waals surface area contributed by atoms with Gasteiger partial charge in [-0.1, -0.05) is 27.5 Å². The fraction of sp³-hybridized carbons (Fsp3) is 0.0588. The first kappa shape index (κ1) is 19.6. The molecule has 0 aliphatic heterocycles. The Morgan fingerprint density at radius 3 is 2.74 bits per heavy atom. The molecule has 4 N–H and O–H groups in total. The Balaban J connectivity index is 1.69. The lowest BCUT2D eigenvalue weighted by Crippen LogP contribution is -2.29. The largest absolute Gasteiger partial charge is 0.484 e. The van der Waals surface area contributed by atoms with Crippen LogP contribution in [-0.2, 0) is 4.79 Å². The number of rotatable bonds is 5. The van der Waals surface area contributed by atoms with E-state index in [1.54, 1.807) is 24.3 Å². The average molecular weight is 473 g/mol. The van der Waals surface area contributed by atoms with Gasteiger partial charge in [0.25, 0.3) is 11.8 Å². The van der Waals surface area contributed by atoms with Crippen LogP contribution in [0.1, 0.15) is 9.67 Å². The van der Waals surface area contributed by atoms with Crippen molar-refractivity contribution < 1.29 is 18.7 Å². The first-order chi connectivity index (χ1) is 12.9. The van der Waals surface area contributed by atoms with Crippen LogP contribution in [0.3, 0.4) is 0 Å². The molecule has 0 atom stereocenters. The Labute approximate surface area is 170 Å². The molecule has 0 saturated carbocycles. The predicted octanol–water partition coefficient (Wildman–Crippen LogP) is 4.08. The number of fused-ring (bicyclic) bond motifs is 1. The number of ether oxygens (including phenoxy) is 1. The topological polar surface area (TPSA) is 93.4 Å². The van der Waals surface area contributed by atoms with Gasteiger partial charge in [-0.2, -0.15) is 0 Å². The van der Waals surface area contributed by atoms with Crippen LogP contribution in [0.5, 0.6) is 5.75 Å². The number of carbonyl (C=O) groups is 2. The summed E-state index contributed by atoms with van der Waals surface area (Å²) in [5, 5.41) is 3.41. The van der Waals surface area contributed by atoms with Gasteiger partial charge in [-0.3, -0.25) is 15.0 Å². The third kappa shape index (κ3) is 4.38. The van der Waals surface area contributed by atoms with Crippen LogP contribution >= 0.6 is 38.9 Å². The van der Waals surface area contributed by atoms with E-state index in [0.717, 1.165) is 11.3 Å². The standard InChI is InChI=1S/C17H12BrClFN3O3S/c18-8-1-4-12(11(20)5-8)22-14(24)7-26-9-2-3-10-13(6-9)27-16(15(10)19)17(25)23-21/h1-6H,7,21H2,(H,22,24)(H,23,25). The van der Waals surface area contributed by atoms with E-state index >= 15 is 0 Å². The van der Waals surface area contributed by atoms with Crippen LogP contribution in [0.4, 0.5) is 10.1 Å². The number of carbonyl (C=O) groups excluding carboxylic acids is 2. The number of anilines is 1. The highest BCUT2D eigenvalue weighted by Gasteiger charge is 2.17.